The molecule has 3 nitrogen and oxygen atoms in total. The van der Waals surface area contributed by atoms with Gasteiger partial charge in [-0.05, 0) is 24.5 Å². The molecular formula is C15H23N3. The first-order valence-electron chi connectivity index (χ1n) is 6.90. The Morgan fingerprint density at radius 2 is 1.94 bits per heavy atom. The number of hydrogen-bond donors (Lipinski definition) is 1. The minimum atomic E-state index is 0.215. The molecule has 0 saturated heterocycles. The van der Waals surface area contributed by atoms with E-state index >= 15 is 0 Å². The molecule has 0 radical (unpaired) electrons. The third-order valence-corrected chi connectivity index (χ3v) is 3.75. The standard InChI is InChI=1S/C15H23N3/c1-3-12(4-2)9-13(16)10-18-11-17-14-7-5-6-8-15(14)18/h5-8,11-13H,3-4,9-10,16H2,1-2H3. The van der Waals surface area contributed by atoms with Gasteiger partial charge in [0.15, 0.2) is 0 Å². The lowest BCUT2D eigenvalue weighted by atomic mass is 9.95. The average Bonchev–Trinajstić information content (AvgIpc) is 2.79. The molecule has 1 aromatic carbocycles. The van der Waals surface area contributed by atoms with Crippen LogP contribution < -0.4 is 5.73 Å². The van der Waals surface area contributed by atoms with Crippen LogP contribution in [0.3, 0.4) is 0 Å². The molecule has 2 aromatic rings. The molecule has 0 spiro atoms. The molecule has 1 atom stereocenters. The summed E-state index contributed by atoms with van der Waals surface area (Å²) in [6, 6.07) is 8.42. The van der Waals surface area contributed by atoms with E-state index in [0.717, 1.165) is 24.4 Å². The van der Waals surface area contributed by atoms with Crippen molar-refractivity contribution in [3.8, 4) is 0 Å². The molecule has 0 saturated carbocycles. The van der Waals surface area contributed by atoms with Gasteiger partial charge in [0.05, 0.1) is 17.4 Å². The molecule has 2 rings (SSSR count). The number of nitrogens with two attached hydrogens (primary N) is 1. The van der Waals surface area contributed by atoms with E-state index in [9.17, 15) is 0 Å². The first-order chi connectivity index (χ1) is 8.74. The van der Waals surface area contributed by atoms with Crippen molar-refractivity contribution in [2.45, 2.75) is 45.7 Å². The lowest BCUT2D eigenvalue weighted by molar-refractivity contribution is 0.386. The molecule has 0 aliphatic heterocycles. The van der Waals surface area contributed by atoms with Crippen molar-refractivity contribution in [2.24, 2.45) is 11.7 Å². The van der Waals surface area contributed by atoms with Crippen LogP contribution in [0, 0.1) is 5.92 Å². The van der Waals surface area contributed by atoms with Gasteiger partial charge in [0.2, 0.25) is 0 Å². The third-order valence-electron chi connectivity index (χ3n) is 3.75. The van der Waals surface area contributed by atoms with E-state index in [1.54, 1.807) is 0 Å². The van der Waals surface area contributed by atoms with Gasteiger partial charge in [0.1, 0.15) is 0 Å². The Balaban J connectivity index is 2.04. The van der Waals surface area contributed by atoms with Crippen LogP contribution in [0.2, 0.25) is 0 Å². The Morgan fingerprint density at radius 1 is 1.22 bits per heavy atom. The molecule has 1 heterocycles. The summed E-state index contributed by atoms with van der Waals surface area (Å²) in [4.78, 5) is 4.40. The molecule has 0 amide bonds. The molecule has 0 fully saturated rings. The van der Waals surface area contributed by atoms with Crippen LogP contribution in [-0.2, 0) is 6.54 Å². The number of rotatable bonds is 6. The molecule has 1 unspecified atom stereocenters. The molecule has 3 heteroatoms. The van der Waals surface area contributed by atoms with E-state index in [1.807, 2.05) is 24.5 Å². The Labute approximate surface area is 109 Å². The van der Waals surface area contributed by atoms with E-state index in [-0.39, 0.29) is 6.04 Å². The van der Waals surface area contributed by atoms with Crippen LogP contribution in [0.5, 0.6) is 0 Å². The largest absolute Gasteiger partial charge is 0.329 e. The summed E-state index contributed by atoms with van der Waals surface area (Å²) in [6.45, 7) is 5.35. The topological polar surface area (TPSA) is 43.8 Å². The highest BCUT2D eigenvalue weighted by Gasteiger charge is 2.12. The van der Waals surface area contributed by atoms with Gasteiger partial charge in [-0.15, -0.1) is 0 Å². The van der Waals surface area contributed by atoms with E-state index in [1.165, 1.54) is 18.4 Å². The number of nitrogens with zero attached hydrogens (tertiary/aromatic N) is 2. The molecule has 0 bridgehead atoms. The predicted octanol–water partition coefficient (Wildman–Crippen LogP) is 3.19. The van der Waals surface area contributed by atoms with Crippen molar-refractivity contribution < 1.29 is 0 Å². The van der Waals surface area contributed by atoms with E-state index < -0.39 is 0 Å². The quantitative estimate of drug-likeness (QED) is 0.849. The second-order valence-corrected chi connectivity index (χ2v) is 5.06. The maximum absolute atomic E-state index is 6.26. The second-order valence-electron chi connectivity index (χ2n) is 5.06. The van der Waals surface area contributed by atoms with Gasteiger partial charge in [-0.1, -0.05) is 38.8 Å². The zero-order valence-electron chi connectivity index (χ0n) is 11.3. The molecular weight excluding hydrogens is 222 g/mol. The van der Waals surface area contributed by atoms with Gasteiger partial charge in [0, 0.05) is 12.6 Å². The van der Waals surface area contributed by atoms with E-state index in [2.05, 4.69) is 29.5 Å². The van der Waals surface area contributed by atoms with Gasteiger partial charge in [-0.3, -0.25) is 0 Å². The van der Waals surface area contributed by atoms with Crippen LogP contribution in [-0.4, -0.2) is 15.6 Å². The lowest BCUT2D eigenvalue weighted by Gasteiger charge is -2.18. The Kier molecular flexibility index (Phi) is 4.37. The maximum atomic E-state index is 6.26. The van der Waals surface area contributed by atoms with Crippen LogP contribution in [0.15, 0.2) is 30.6 Å². The van der Waals surface area contributed by atoms with Crippen LogP contribution in [0.4, 0.5) is 0 Å². The number of hydrogen-bond acceptors (Lipinski definition) is 2. The van der Waals surface area contributed by atoms with Crippen molar-refractivity contribution in [1.29, 1.82) is 0 Å². The number of aromatic nitrogens is 2. The summed E-state index contributed by atoms with van der Waals surface area (Å²) in [5, 5.41) is 0. The van der Waals surface area contributed by atoms with Gasteiger partial charge in [-0.2, -0.15) is 0 Å². The lowest BCUT2D eigenvalue weighted by Crippen LogP contribution is -2.28. The zero-order valence-corrected chi connectivity index (χ0v) is 11.3. The molecule has 1 aromatic heterocycles. The predicted molar refractivity (Wildman–Crippen MR) is 76.4 cm³/mol. The fraction of sp³-hybridized carbons (Fsp3) is 0.533. The Bertz CT molecular complexity index is 485. The number of imidazole rings is 1. The van der Waals surface area contributed by atoms with Gasteiger partial charge in [-0.25, -0.2) is 4.98 Å². The van der Waals surface area contributed by atoms with E-state index in [0.29, 0.717) is 0 Å². The fourth-order valence-corrected chi connectivity index (χ4v) is 2.53. The van der Waals surface area contributed by atoms with Gasteiger partial charge >= 0.3 is 0 Å². The summed E-state index contributed by atoms with van der Waals surface area (Å²) >= 11 is 0. The molecule has 2 N–H and O–H groups in total. The first-order valence-corrected chi connectivity index (χ1v) is 6.90. The summed E-state index contributed by atoms with van der Waals surface area (Å²) in [5.41, 5.74) is 8.49. The smallest absolute Gasteiger partial charge is 0.0958 e. The van der Waals surface area contributed by atoms with Crippen molar-refractivity contribution in [1.82, 2.24) is 9.55 Å². The van der Waals surface area contributed by atoms with Crippen molar-refractivity contribution in [2.75, 3.05) is 0 Å². The van der Waals surface area contributed by atoms with E-state index in [4.69, 9.17) is 5.73 Å². The molecule has 18 heavy (non-hydrogen) atoms. The van der Waals surface area contributed by atoms with Crippen molar-refractivity contribution >= 4 is 11.0 Å². The van der Waals surface area contributed by atoms with Gasteiger partial charge < -0.3 is 10.3 Å². The van der Waals surface area contributed by atoms with Crippen LogP contribution >= 0.6 is 0 Å². The zero-order chi connectivity index (χ0) is 13.0. The first kappa shape index (κ1) is 13.1. The van der Waals surface area contributed by atoms with Crippen molar-refractivity contribution in [3.63, 3.8) is 0 Å². The highest BCUT2D eigenvalue weighted by atomic mass is 15.1. The average molecular weight is 245 g/mol. The van der Waals surface area contributed by atoms with Crippen LogP contribution in [0.25, 0.3) is 11.0 Å². The van der Waals surface area contributed by atoms with Crippen LogP contribution in [0.1, 0.15) is 33.1 Å². The Hall–Kier alpha value is -1.35. The normalized spacial score (nSPS) is 13.3. The summed E-state index contributed by atoms with van der Waals surface area (Å²) in [7, 11) is 0. The fourth-order valence-electron chi connectivity index (χ4n) is 2.53. The second kappa shape index (κ2) is 6.01. The number of fused-ring (bicyclic) bond motifs is 1. The minimum absolute atomic E-state index is 0.215. The number of para-hydroxylation sites is 2. The highest BCUT2D eigenvalue weighted by molar-refractivity contribution is 5.74. The third kappa shape index (κ3) is 2.91. The number of benzene rings is 1. The molecule has 0 aliphatic carbocycles. The molecule has 0 aliphatic rings. The summed E-state index contributed by atoms with van der Waals surface area (Å²) in [6.07, 6.45) is 5.43. The monoisotopic (exact) mass is 245 g/mol. The van der Waals surface area contributed by atoms with Gasteiger partial charge in [0.25, 0.3) is 0 Å². The SMILES string of the molecule is CCC(CC)CC(N)Cn1cnc2ccccc21. The maximum Gasteiger partial charge on any atom is 0.0958 e. The highest BCUT2D eigenvalue weighted by Crippen LogP contribution is 2.17. The van der Waals surface area contributed by atoms with Crippen molar-refractivity contribution in [3.05, 3.63) is 30.6 Å². The Morgan fingerprint density at radius 3 is 2.67 bits per heavy atom. The summed E-state index contributed by atoms with van der Waals surface area (Å²) < 4.78 is 2.17. The molecule has 98 valence electrons. The minimum Gasteiger partial charge on any atom is -0.329 e. The summed E-state index contributed by atoms with van der Waals surface area (Å²) in [5.74, 6) is 0.745.